The van der Waals surface area contributed by atoms with Gasteiger partial charge in [0.05, 0.1) is 10.0 Å². The molecule has 0 N–H and O–H groups in total. The lowest BCUT2D eigenvalue weighted by Crippen LogP contribution is -2.38. The lowest BCUT2D eigenvalue weighted by molar-refractivity contribution is 0.337. The molecule has 2 heterocycles. The van der Waals surface area contributed by atoms with Crippen molar-refractivity contribution in [3.8, 4) is 0 Å². The first-order chi connectivity index (χ1) is 8.49. The summed E-state index contributed by atoms with van der Waals surface area (Å²) in [5.74, 6) is 0.730. The fraction of sp³-hybridized carbons (Fsp3) is 0.583. The Morgan fingerprint density at radius 1 is 1.22 bits per heavy atom. The van der Waals surface area contributed by atoms with E-state index in [2.05, 4.69) is 28.8 Å². The molecule has 0 amide bonds. The number of nitrogens with zero attached hydrogens (tertiary/aromatic N) is 3. The molecule has 3 nitrogen and oxygen atoms in total. The lowest BCUT2D eigenvalue weighted by atomic mass is 10.2. The van der Waals surface area contributed by atoms with Crippen LogP contribution in [-0.4, -0.2) is 42.6 Å². The fourth-order valence-electron chi connectivity index (χ4n) is 2.32. The Bertz CT molecular complexity index is 439. The van der Waals surface area contributed by atoms with Gasteiger partial charge in [0.2, 0.25) is 0 Å². The molecule has 100 valence electrons. The Morgan fingerprint density at radius 2 is 1.94 bits per heavy atom. The summed E-state index contributed by atoms with van der Waals surface area (Å²) in [6.07, 6.45) is 1.08. The van der Waals surface area contributed by atoms with Crippen LogP contribution in [0.5, 0.6) is 0 Å². The van der Waals surface area contributed by atoms with Gasteiger partial charge in [0, 0.05) is 19.1 Å². The maximum absolute atomic E-state index is 6.23. The minimum atomic E-state index is 0.306. The van der Waals surface area contributed by atoms with Crippen LogP contribution in [0, 0.1) is 0 Å². The van der Waals surface area contributed by atoms with Crippen molar-refractivity contribution in [3.63, 3.8) is 0 Å². The van der Waals surface area contributed by atoms with E-state index in [1.165, 1.54) is 0 Å². The molecule has 1 saturated heterocycles. The summed E-state index contributed by atoms with van der Waals surface area (Å²) >= 11 is 18.1. The molecule has 1 unspecified atom stereocenters. The van der Waals surface area contributed by atoms with Gasteiger partial charge in [-0.15, -0.1) is 0 Å². The van der Waals surface area contributed by atoms with Crippen LogP contribution in [0.3, 0.4) is 0 Å². The van der Waals surface area contributed by atoms with Crippen molar-refractivity contribution < 1.29 is 0 Å². The monoisotopic (exact) mass is 307 g/mol. The third kappa shape index (κ3) is 3.02. The topological polar surface area (TPSA) is 19.4 Å². The molecule has 6 heteroatoms. The third-order valence-electron chi connectivity index (χ3n) is 3.19. The minimum absolute atomic E-state index is 0.306. The number of aromatic nitrogens is 1. The van der Waals surface area contributed by atoms with Crippen LogP contribution in [0.25, 0.3) is 0 Å². The second-order valence-corrected chi connectivity index (χ2v) is 5.90. The van der Waals surface area contributed by atoms with E-state index in [0.29, 0.717) is 21.2 Å². The number of hydrogen-bond acceptors (Lipinski definition) is 3. The van der Waals surface area contributed by atoms with Crippen molar-refractivity contribution in [2.75, 3.05) is 31.6 Å². The van der Waals surface area contributed by atoms with Crippen molar-refractivity contribution >= 4 is 40.6 Å². The number of likely N-dealkylation sites (N-methyl/N-ethyl adjacent to an activating group) is 1. The summed E-state index contributed by atoms with van der Waals surface area (Å²) in [7, 11) is 2.13. The zero-order valence-electron chi connectivity index (χ0n) is 10.5. The molecule has 2 rings (SSSR count). The largest absolute Gasteiger partial charge is 0.351 e. The van der Waals surface area contributed by atoms with Gasteiger partial charge in [-0.25, -0.2) is 4.98 Å². The summed E-state index contributed by atoms with van der Waals surface area (Å²) < 4.78 is 0. The summed E-state index contributed by atoms with van der Waals surface area (Å²) in [4.78, 5) is 8.84. The van der Waals surface area contributed by atoms with E-state index in [1.54, 1.807) is 6.07 Å². The zero-order chi connectivity index (χ0) is 13.3. The molecule has 0 radical (unpaired) electrons. The number of rotatable bonds is 1. The second kappa shape index (κ2) is 5.83. The molecule has 0 bridgehead atoms. The molecular weight excluding hydrogens is 293 g/mol. The van der Waals surface area contributed by atoms with Gasteiger partial charge in [-0.3, -0.25) is 0 Å². The van der Waals surface area contributed by atoms with Crippen molar-refractivity contribution in [3.05, 3.63) is 21.3 Å². The molecule has 1 aliphatic rings. The van der Waals surface area contributed by atoms with Gasteiger partial charge < -0.3 is 9.80 Å². The highest BCUT2D eigenvalue weighted by Gasteiger charge is 2.23. The van der Waals surface area contributed by atoms with Crippen molar-refractivity contribution in [2.45, 2.75) is 19.4 Å². The van der Waals surface area contributed by atoms with E-state index in [0.717, 1.165) is 31.9 Å². The molecular formula is C12H16Cl3N3. The Morgan fingerprint density at radius 3 is 2.67 bits per heavy atom. The third-order valence-corrected chi connectivity index (χ3v) is 4.14. The molecule has 1 aromatic rings. The normalized spacial score (nSPS) is 22.1. The Kier molecular flexibility index (Phi) is 4.59. The molecule has 1 fully saturated rings. The second-order valence-electron chi connectivity index (χ2n) is 4.72. The molecule has 0 spiro atoms. The standard InChI is InChI=1S/C12H16Cl3N3/c1-8-7-17(2)4-3-5-18(8)12-10(14)6-9(13)11(15)16-12/h6,8H,3-5,7H2,1-2H3. The highest BCUT2D eigenvalue weighted by Crippen LogP contribution is 2.32. The molecule has 0 aromatic carbocycles. The van der Waals surface area contributed by atoms with E-state index in [-0.39, 0.29) is 0 Å². The zero-order valence-corrected chi connectivity index (χ0v) is 12.7. The minimum Gasteiger partial charge on any atom is -0.351 e. The first-order valence-corrected chi connectivity index (χ1v) is 7.09. The van der Waals surface area contributed by atoms with Crippen LogP contribution in [-0.2, 0) is 0 Å². The first kappa shape index (κ1) is 14.2. The molecule has 0 aliphatic carbocycles. The van der Waals surface area contributed by atoms with Crippen LogP contribution in [0.15, 0.2) is 6.07 Å². The molecule has 1 atom stereocenters. The van der Waals surface area contributed by atoms with Gasteiger partial charge in [-0.2, -0.15) is 0 Å². The fourth-order valence-corrected chi connectivity index (χ4v) is 2.93. The van der Waals surface area contributed by atoms with E-state index < -0.39 is 0 Å². The SMILES string of the molecule is CC1CN(C)CCCN1c1nc(Cl)c(Cl)cc1Cl. The van der Waals surface area contributed by atoms with E-state index >= 15 is 0 Å². The molecule has 0 saturated carbocycles. The molecule has 1 aliphatic heterocycles. The van der Waals surface area contributed by atoms with Crippen LogP contribution in [0.1, 0.15) is 13.3 Å². The maximum Gasteiger partial charge on any atom is 0.150 e. The predicted octanol–water partition coefficient (Wildman–Crippen LogP) is 3.57. The lowest BCUT2D eigenvalue weighted by Gasteiger charge is -2.29. The summed E-state index contributed by atoms with van der Waals surface area (Å²) in [6, 6.07) is 2.01. The van der Waals surface area contributed by atoms with Crippen LogP contribution >= 0.6 is 34.8 Å². The average Bonchev–Trinajstić information content (AvgIpc) is 2.45. The van der Waals surface area contributed by atoms with Crippen molar-refractivity contribution in [1.82, 2.24) is 9.88 Å². The van der Waals surface area contributed by atoms with E-state index in [4.69, 9.17) is 34.8 Å². The van der Waals surface area contributed by atoms with Gasteiger partial charge in [-0.1, -0.05) is 34.8 Å². The summed E-state index contributed by atoms with van der Waals surface area (Å²) in [5, 5.41) is 1.26. The van der Waals surface area contributed by atoms with Crippen molar-refractivity contribution in [1.29, 1.82) is 0 Å². The van der Waals surface area contributed by atoms with Gasteiger partial charge in [0.25, 0.3) is 0 Å². The van der Waals surface area contributed by atoms with Crippen LogP contribution < -0.4 is 4.90 Å². The summed E-state index contributed by atoms with van der Waals surface area (Å²) in [6.45, 7) is 5.16. The smallest absolute Gasteiger partial charge is 0.150 e. The van der Waals surface area contributed by atoms with Crippen LogP contribution in [0.2, 0.25) is 15.2 Å². The highest BCUT2D eigenvalue weighted by atomic mass is 35.5. The quantitative estimate of drug-likeness (QED) is 0.739. The molecule has 1 aromatic heterocycles. The van der Waals surface area contributed by atoms with Gasteiger partial charge in [-0.05, 0) is 33.0 Å². The number of hydrogen-bond donors (Lipinski definition) is 0. The van der Waals surface area contributed by atoms with Gasteiger partial charge in [0.15, 0.2) is 0 Å². The Labute approximate surface area is 123 Å². The average molecular weight is 309 g/mol. The Hall–Kier alpha value is -0.220. The summed E-state index contributed by atoms with van der Waals surface area (Å²) in [5.41, 5.74) is 0. The van der Waals surface area contributed by atoms with E-state index in [9.17, 15) is 0 Å². The number of halogens is 3. The van der Waals surface area contributed by atoms with Crippen molar-refractivity contribution in [2.24, 2.45) is 0 Å². The van der Waals surface area contributed by atoms with Crippen LogP contribution in [0.4, 0.5) is 5.82 Å². The first-order valence-electron chi connectivity index (χ1n) is 5.95. The predicted molar refractivity (Wildman–Crippen MR) is 78.2 cm³/mol. The Balaban J connectivity index is 2.32. The van der Waals surface area contributed by atoms with Gasteiger partial charge in [0.1, 0.15) is 11.0 Å². The molecule has 18 heavy (non-hydrogen) atoms. The number of anilines is 1. The highest BCUT2D eigenvalue weighted by molar-refractivity contribution is 6.42. The van der Waals surface area contributed by atoms with E-state index in [1.807, 2.05) is 0 Å². The van der Waals surface area contributed by atoms with Gasteiger partial charge >= 0.3 is 0 Å². The number of pyridine rings is 1. The maximum atomic E-state index is 6.23.